The summed E-state index contributed by atoms with van der Waals surface area (Å²) in [5.74, 6) is -1.18. The van der Waals surface area contributed by atoms with Crippen molar-refractivity contribution < 1.29 is 24.2 Å². The molecule has 10 heteroatoms. The van der Waals surface area contributed by atoms with Gasteiger partial charge in [-0.05, 0) is 54.6 Å². The first-order chi connectivity index (χ1) is 17.4. The molecule has 2 aromatic carbocycles. The van der Waals surface area contributed by atoms with Gasteiger partial charge in [0.2, 0.25) is 0 Å². The molecular formula is C26H32ClN3O5S. The lowest BCUT2D eigenvalue weighted by Crippen LogP contribution is -2.49. The smallest absolute Gasteiger partial charge is 0.328 e. The number of anilines is 1. The van der Waals surface area contributed by atoms with Crippen LogP contribution in [-0.2, 0) is 20.7 Å². The number of hydrogen-bond acceptors (Lipinski definition) is 7. The van der Waals surface area contributed by atoms with Crippen LogP contribution in [0.25, 0.3) is 0 Å². The minimum Gasteiger partial charge on any atom is -0.468 e. The first-order valence-electron chi connectivity index (χ1n) is 11.8. The highest BCUT2D eigenvalue weighted by atomic mass is 35.5. The van der Waals surface area contributed by atoms with E-state index in [0.717, 1.165) is 42.8 Å². The van der Waals surface area contributed by atoms with Crippen molar-refractivity contribution in [2.24, 2.45) is 0 Å². The number of aliphatic hydroxyl groups is 1. The molecule has 3 rings (SSSR count). The molecule has 2 amide bonds. The fraction of sp³-hybridized carbons (Fsp3) is 0.423. The van der Waals surface area contributed by atoms with Crippen molar-refractivity contribution in [1.29, 1.82) is 0 Å². The Labute approximate surface area is 221 Å². The lowest BCUT2D eigenvalue weighted by Gasteiger charge is -2.35. The zero-order chi connectivity index (χ0) is 26.1. The van der Waals surface area contributed by atoms with Crippen LogP contribution in [-0.4, -0.2) is 97.2 Å². The number of methoxy groups -OCH3 is 1. The van der Waals surface area contributed by atoms with Crippen molar-refractivity contribution in [3.8, 4) is 0 Å². The van der Waals surface area contributed by atoms with Gasteiger partial charge in [-0.1, -0.05) is 23.7 Å². The number of carbonyl (C=O) groups is 3. The topological polar surface area (TPSA) is 90.4 Å². The highest BCUT2D eigenvalue weighted by Gasteiger charge is 2.32. The van der Waals surface area contributed by atoms with E-state index in [1.807, 2.05) is 29.2 Å². The number of rotatable bonds is 10. The summed E-state index contributed by atoms with van der Waals surface area (Å²) in [4.78, 5) is 43.5. The minimum atomic E-state index is -1.03. The van der Waals surface area contributed by atoms with Gasteiger partial charge in [0.1, 0.15) is 0 Å². The largest absolute Gasteiger partial charge is 0.468 e. The monoisotopic (exact) mass is 533 g/mol. The van der Waals surface area contributed by atoms with Gasteiger partial charge in [0.25, 0.3) is 11.8 Å². The van der Waals surface area contributed by atoms with Gasteiger partial charge in [-0.25, -0.2) is 0 Å². The molecule has 36 heavy (non-hydrogen) atoms. The average Bonchev–Trinajstić information content (AvgIpc) is 2.91. The molecular weight excluding hydrogens is 502 g/mol. The molecule has 0 saturated carbocycles. The summed E-state index contributed by atoms with van der Waals surface area (Å²) < 4.78 is 4.73. The molecule has 0 spiro atoms. The van der Waals surface area contributed by atoms with E-state index in [9.17, 15) is 19.5 Å². The third-order valence-electron chi connectivity index (χ3n) is 6.18. The lowest BCUT2D eigenvalue weighted by atomic mass is 10.1. The standard InChI is InChI=1S/C26H32ClN3O5S/c1-35-26(34)23(36-2)25(33)30(17-18-31)22-9-5-20(6-10-22)24(32)29-15-13-28(14-16-29)12-11-19-3-7-21(27)8-4-19/h3-10,23,31H,11-18H2,1-2H3. The van der Waals surface area contributed by atoms with E-state index < -0.39 is 17.1 Å². The normalized spacial score (nSPS) is 14.8. The Kier molecular flexibility index (Phi) is 10.6. The summed E-state index contributed by atoms with van der Waals surface area (Å²) >= 11 is 7.02. The van der Waals surface area contributed by atoms with E-state index >= 15 is 0 Å². The van der Waals surface area contributed by atoms with Crippen LogP contribution >= 0.6 is 23.4 Å². The van der Waals surface area contributed by atoms with Gasteiger partial charge in [0.05, 0.1) is 13.7 Å². The molecule has 0 bridgehead atoms. The van der Waals surface area contributed by atoms with Crippen molar-refractivity contribution in [3.05, 3.63) is 64.7 Å². The number of carbonyl (C=O) groups excluding carboxylic acids is 3. The molecule has 2 aromatic rings. The van der Waals surface area contributed by atoms with E-state index in [0.29, 0.717) is 24.3 Å². The van der Waals surface area contributed by atoms with Crippen molar-refractivity contribution in [1.82, 2.24) is 9.80 Å². The molecule has 1 heterocycles. The number of esters is 1. The van der Waals surface area contributed by atoms with Crippen LogP contribution in [0.5, 0.6) is 0 Å². The van der Waals surface area contributed by atoms with Crippen LogP contribution in [0.4, 0.5) is 5.69 Å². The number of piperazine rings is 1. The maximum absolute atomic E-state index is 13.1. The van der Waals surface area contributed by atoms with Crippen molar-refractivity contribution in [3.63, 3.8) is 0 Å². The van der Waals surface area contributed by atoms with Gasteiger partial charge in [-0.15, -0.1) is 11.8 Å². The zero-order valence-corrected chi connectivity index (χ0v) is 22.1. The molecule has 194 valence electrons. The van der Waals surface area contributed by atoms with Crippen molar-refractivity contribution >= 4 is 46.8 Å². The van der Waals surface area contributed by atoms with E-state index in [1.165, 1.54) is 17.6 Å². The molecule has 1 N–H and O–H groups in total. The van der Waals surface area contributed by atoms with Crippen LogP contribution in [0.1, 0.15) is 15.9 Å². The Morgan fingerprint density at radius 3 is 2.25 bits per heavy atom. The van der Waals surface area contributed by atoms with E-state index in [1.54, 1.807) is 30.5 Å². The molecule has 1 aliphatic heterocycles. The second-order valence-electron chi connectivity index (χ2n) is 8.41. The quantitative estimate of drug-likeness (QED) is 0.371. The summed E-state index contributed by atoms with van der Waals surface area (Å²) in [5.41, 5.74) is 2.27. The zero-order valence-electron chi connectivity index (χ0n) is 20.6. The Morgan fingerprint density at radius 1 is 1.06 bits per heavy atom. The Balaban J connectivity index is 1.57. The number of halogens is 1. The molecule has 1 aliphatic rings. The number of benzene rings is 2. The van der Waals surface area contributed by atoms with Crippen LogP contribution in [0.2, 0.25) is 5.02 Å². The van der Waals surface area contributed by atoms with Crippen LogP contribution < -0.4 is 4.90 Å². The Hall–Kier alpha value is -2.59. The number of thioether (sulfide) groups is 1. The third-order valence-corrected chi connectivity index (χ3v) is 7.30. The number of amides is 2. The first kappa shape index (κ1) is 28.0. The fourth-order valence-corrected chi connectivity index (χ4v) is 4.84. The SMILES string of the molecule is COC(=O)C(SC)C(=O)N(CCO)c1ccc(C(=O)N2CCN(CCc3ccc(Cl)cc3)CC2)cc1. The molecule has 1 fully saturated rings. The van der Waals surface area contributed by atoms with Crippen LogP contribution in [0.15, 0.2) is 48.5 Å². The Morgan fingerprint density at radius 2 is 1.69 bits per heavy atom. The second kappa shape index (κ2) is 13.6. The maximum atomic E-state index is 13.1. The highest BCUT2D eigenvalue weighted by Crippen LogP contribution is 2.21. The average molecular weight is 534 g/mol. The molecule has 0 aromatic heterocycles. The highest BCUT2D eigenvalue weighted by molar-refractivity contribution is 8.00. The number of ether oxygens (including phenoxy) is 1. The molecule has 1 unspecified atom stereocenters. The van der Waals surface area contributed by atoms with Crippen molar-refractivity contribution in [2.45, 2.75) is 11.7 Å². The molecule has 1 saturated heterocycles. The third kappa shape index (κ3) is 7.22. The summed E-state index contributed by atoms with van der Waals surface area (Å²) in [6.07, 6.45) is 2.58. The van der Waals surface area contributed by atoms with E-state index in [2.05, 4.69) is 4.90 Å². The predicted molar refractivity (Wildman–Crippen MR) is 143 cm³/mol. The number of hydrogen-bond donors (Lipinski definition) is 1. The number of aliphatic hydroxyl groups excluding tert-OH is 1. The molecule has 0 radical (unpaired) electrons. The van der Waals surface area contributed by atoms with Gasteiger partial charge < -0.3 is 19.6 Å². The van der Waals surface area contributed by atoms with Crippen molar-refractivity contribution in [2.75, 3.05) is 64.1 Å². The molecule has 1 atom stereocenters. The predicted octanol–water partition coefficient (Wildman–Crippen LogP) is 2.57. The minimum absolute atomic E-state index is 0.0260. The van der Waals surface area contributed by atoms with Crippen LogP contribution in [0, 0.1) is 0 Å². The number of nitrogens with zero attached hydrogens (tertiary/aromatic N) is 3. The summed E-state index contributed by atoms with van der Waals surface area (Å²) in [7, 11) is 1.23. The van der Waals surface area contributed by atoms with Gasteiger partial charge in [0, 0.05) is 55.5 Å². The van der Waals surface area contributed by atoms with Gasteiger partial charge in [-0.2, -0.15) is 0 Å². The first-order valence-corrected chi connectivity index (χ1v) is 13.4. The van der Waals surface area contributed by atoms with Gasteiger partial charge >= 0.3 is 5.97 Å². The van der Waals surface area contributed by atoms with E-state index in [-0.39, 0.29) is 19.1 Å². The maximum Gasteiger partial charge on any atom is 0.328 e. The van der Waals surface area contributed by atoms with E-state index in [4.69, 9.17) is 16.3 Å². The van der Waals surface area contributed by atoms with Gasteiger partial charge in [-0.3, -0.25) is 19.3 Å². The fourth-order valence-electron chi connectivity index (χ4n) is 4.09. The summed E-state index contributed by atoms with van der Waals surface area (Å²) in [5, 5.41) is 9.16. The summed E-state index contributed by atoms with van der Waals surface area (Å²) in [6.45, 7) is 3.58. The lowest BCUT2D eigenvalue weighted by molar-refractivity contribution is -0.142. The van der Waals surface area contributed by atoms with Gasteiger partial charge in [0.15, 0.2) is 5.25 Å². The van der Waals surface area contributed by atoms with Crippen LogP contribution in [0.3, 0.4) is 0 Å². The Bertz CT molecular complexity index is 1030. The second-order valence-corrected chi connectivity index (χ2v) is 9.79. The molecule has 8 nitrogen and oxygen atoms in total. The molecule has 0 aliphatic carbocycles. The summed E-state index contributed by atoms with van der Waals surface area (Å²) in [6, 6.07) is 14.6.